The molecule has 0 bridgehead atoms. The lowest BCUT2D eigenvalue weighted by Crippen LogP contribution is -2.52. The van der Waals surface area contributed by atoms with Crippen LogP contribution in [0.3, 0.4) is 0 Å². The number of carbonyl (C=O) groups is 2. The molecule has 1 atom stereocenters. The number of aliphatic hydroxyl groups excluding tert-OH is 1. The van der Waals surface area contributed by atoms with Gasteiger partial charge in [-0.05, 0) is 0 Å². The summed E-state index contributed by atoms with van der Waals surface area (Å²) in [6.45, 7) is 0.325. The molecule has 0 fully saturated rings. The van der Waals surface area contributed by atoms with Crippen molar-refractivity contribution in [2.24, 2.45) is 5.73 Å². The Kier molecular flexibility index (Phi) is 2.35. The van der Waals surface area contributed by atoms with Crippen LogP contribution in [0.1, 0.15) is 0 Å². The molecule has 0 spiro atoms. The molecule has 0 aromatic rings. The second-order valence-electron chi connectivity index (χ2n) is 3.67. The fourth-order valence-corrected chi connectivity index (χ4v) is 1.73. The number of urea groups is 1. The number of nitrogens with one attached hydrogen (secondary N) is 2. The Morgan fingerprint density at radius 2 is 2.38 bits per heavy atom. The monoisotopic (exact) mass is 227 g/mol. The van der Waals surface area contributed by atoms with Crippen molar-refractivity contribution in [3.8, 4) is 0 Å². The summed E-state index contributed by atoms with van der Waals surface area (Å²) in [4.78, 5) is 24.9. The molecule has 16 heavy (non-hydrogen) atoms. The van der Waals surface area contributed by atoms with Gasteiger partial charge in [-0.1, -0.05) is 0 Å². The largest absolute Gasteiger partial charge is 0.368 e. The van der Waals surface area contributed by atoms with Gasteiger partial charge in [0, 0.05) is 7.05 Å². The first kappa shape index (κ1) is 10.6. The highest BCUT2D eigenvalue weighted by Gasteiger charge is 2.37. The van der Waals surface area contributed by atoms with Crippen LogP contribution in [0.15, 0.2) is 11.5 Å². The quantitative estimate of drug-likeness (QED) is 0.416. The zero-order chi connectivity index (χ0) is 11.9. The van der Waals surface area contributed by atoms with E-state index < -0.39 is 18.2 Å². The van der Waals surface area contributed by atoms with Gasteiger partial charge in [-0.2, -0.15) is 0 Å². The van der Waals surface area contributed by atoms with Crippen molar-refractivity contribution in [1.82, 2.24) is 20.4 Å². The summed E-state index contributed by atoms with van der Waals surface area (Å²) in [5, 5.41) is 15.3. The molecule has 88 valence electrons. The highest BCUT2D eigenvalue weighted by Crippen LogP contribution is 2.22. The van der Waals surface area contributed by atoms with E-state index in [0.717, 1.165) is 4.90 Å². The minimum atomic E-state index is -1.07. The van der Waals surface area contributed by atoms with Crippen molar-refractivity contribution in [3.63, 3.8) is 0 Å². The summed E-state index contributed by atoms with van der Waals surface area (Å²) >= 11 is 0. The zero-order valence-corrected chi connectivity index (χ0v) is 8.73. The predicted molar refractivity (Wildman–Crippen MR) is 53.2 cm³/mol. The minimum Gasteiger partial charge on any atom is -0.368 e. The van der Waals surface area contributed by atoms with Gasteiger partial charge in [0.2, 0.25) is 5.91 Å². The Balaban J connectivity index is 2.25. The minimum absolute atomic E-state index is 0.00734. The second-order valence-corrected chi connectivity index (χ2v) is 3.67. The third-order valence-electron chi connectivity index (χ3n) is 2.55. The third kappa shape index (κ3) is 1.52. The van der Waals surface area contributed by atoms with Gasteiger partial charge in [-0.15, -0.1) is 0 Å². The van der Waals surface area contributed by atoms with E-state index in [9.17, 15) is 14.7 Å². The number of carbonyl (C=O) groups excluding carboxylic acids is 2. The van der Waals surface area contributed by atoms with Crippen molar-refractivity contribution in [2.45, 2.75) is 6.23 Å². The number of rotatable bonds is 2. The first-order chi connectivity index (χ1) is 7.50. The lowest BCUT2D eigenvalue weighted by Gasteiger charge is -2.32. The average Bonchev–Trinajstić information content (AvgIpc) is 2.57. The summed E-state index contributed by atoms with van der Waals surface area (Å²) in [6, 6.07) is -0.403. The van der Waals surface area contributed by atoms with Crippen molar-refractivity contribution in [1.29, 1.82) is 0 Å². The van der Waals surface area contributed by atoms with E-state index in [1.165, 1.54) is 7.05 Å². The highest BCUT2D eigenvalue weighted by atomic mass is 16.3. The van der Waals surface area contributed by atoms with Gasteiger partial charge in [0.05, 0.1) is 13.2 Å². The Morgan fingerprint density at radius 3 is 3.00 bits per heavy atom. The molecule has 0 aliphatic carbocycles. The van der Waals surface area contributed by atoms with Crippen LogP contribution in [0.5, 0.6) is 0 Å². The maximum absolute atomic E-state index is 11.3. The van der Waals surface area contributed by atoms with E-state index in [-0.39, 0.29) is 6.54 Å². The molecule has 0 radical (unpaired) electrons. The molecule has 5 N–H and O–H groups in total. The van der Waals surface area contributed by atoms with Crippen LogP contribution >= 0.6 is 0 Å². The van der Waals surface area contributed by atoms with E-state index in [4.69, 9.17) is 5.73 Å². The van der Waals surface area contributed by atoms with Crippen LogP contribution in [0.25, 0.3) is 0 Å². The number of likely N-dealkylation sites (N-methyl/N-ethyl adjacent to an activating group) is 1. The lowest BCUT2D eigenvalue weighted by atomic mass is 10.3. The van der Waals surface area contributed by atoms with Gasteiger partial charge >= 0.3 is 6.03 Å². The maximum Gasteiger partial charge on any atom is 0.325 e. The predicted octanol–water partition coefficient (Wildman–Crippen LogP) is -2.52. The van der Waals surface area contributed by atoms with E-state index in [1.807, 2.05) is 0 Å². The number of primary amides is 1. The fraction of sp³-hybridized carbons (Fsp3) is 0.500. The Bertz CT molecular complexity index is 380. The molecule has 1 unspecified atom stereocenters. The molecule has 0 aromatic carbocycles. The summed E-state index contributed by atoms with van der Waals surface area (Å²) in [5.74, 6) is -0.0702. The van der Waals surface area contributed by atoms with E-state index >= 15 is 0 Å². The van der Waals surface area contributed by atoms with Crippen LogP contribution < -0.4 is 16.4 Å². The van der Waals surface area contributed by atoms with Crippen LogP contribution in [-0.4, -0.2) is 53.3 Å². The van der Waals surface area contributed by atoms with Gasteiger partial charge in [-0.25, -0.2) is 4.79 Å². The van der Waals surface area contributed by atoms with Gasteiger partial charge in [0.25, 0.3) is 0 Å². The summed E-state index contributed by atoms with van der Waals surface area (Å²) in [5.41, 5.74) is 5.55. The van der Waals surface area contributed by atoms with Crippen LogP contribution in [0.2, 0.25) is 0 Å². The molecule has 2 rings (SSSR count). The Labute approximate surface area is 91.7 Å². The molecule has 2 aliphatic heterocycles. The number of nitrogens with zero attached hydrogens (tertiary/aromatic N) is 2. The van der Waals surface area contributed by atoms with Gasteiger partial charge in [0.1, 0.15) is 11.5 Å². The van der Waals surface area contributed by atoms with Crippen molar-refractivity contribution in [3.05, 3.63) is 11.5 Å². The summed E-state index contributed by atoms with van der Waals surface area (Å²) < 4.78 is 0. The molecule has 3 amide bonds. The average molecular weight is 227 g/mol. The molecular weight excluding hydrogens is 214 g/mol. The molecule has 0 aromatic heterocycles. The molecule has 8 heteroatoms. The van der Waals surface area contributed by atoms with E-state index in [2.05, 4.69) is 10.6 Å². The third-order valence-corrected chi connectivity index (χ3v) is 2.55. The van der Waals surface area contributed by atoms with Gasteiger partial charge in [0.15, 0.2) is 6.23 Å². The molecule has 0 saturated heterocycles. The lowest BCUT2D eigenvalue weighted by molar-refractivity contribution is -0.118. The Hall–Kier alpha value is -1.96. The smallest absolute Gasteiger partial charge is 0.325 e. The number of amides is 3. The fourth-order valence-electron chi connectivity index (χ4n) is 1.73. The number of aliphatic hydroxyl groups is 1. The van der Waals surface area contributed by atoms with Crippen molar-refractivity contribution < 1.29 is 14.7 Å². The number of nitrogens with two attached hydrogens (primary N) is 1. The van der Waals surface area contributed by atoms with Crippen LogP contribution in [0, 0.1) is 0 Å². The molecule has 0 saturated carbocycles. The molecule has 2 aliphatic rings. The second kappa shape index (κ2) is 3.56. The highest BCUT2D eigenvalue weighted by molar-refractivity contribution is 5.79. The Morgan fingerprint density at radius 1 is 1.69 bits per heavy atom. The van der Waals surface area contributed by atoms with Crippen molar-refractivity contribution in [2.75, 3.05) is 20.3 Å². The molecule has 2 heterocycles. The standard InChI is InChI=1S/C8H13N5O3/c1-12-7(15)5-6(11-8(12)16)10-3-13(5)2-4(9)14/h7,10,15H,2-3H2,1H3,(H2,9,14)(H,11,16). The summed E-state index contributed by atoms with van der Waals surface area (Å²) in [6.07, 6.45) is -1.07. The zero-order valence-electron chi connectivity index (χ0n) is 8.73. The first-order valence-corrected chi connectivity index (χ1v) is 4.74. The van der Waals surface area contributed by atoms with Gasteiger partial charge < -0.3 is 21.1 Å². The van der Waals surface area contributed by atoms with E-state index in [0.29, 0.717) is 18.2 Å². The SMILES string of the molecule is CN1C(=O)NC2=C(C1O)N(CC(N)=O)CN2. The maximum atomic E-state index is 11.3. The van der Waals surface area contributed by atoms with Crippen LogP contribution in [-0.2, 0) is 4.79 Å². The first-order valence-electron chi connectivity index (χ1n) is 4.74. The molecule has 8 nitrogen and oxygen atoms in total. The van der Waals surface area contributed by atoms with E-state index in [1.54, 1.807) is 4.90 Å². The number of hydrogen-bond donors (Lipinski definition) is 4. The molecular formula is C8H13N5O3. The normalized spacial score (nSPS) is 24.1. The summed E-state index contributed by atoms with van der Waals surface area (Å²) in [7, 11) is 1.46. The van der Waals surface area contributed by atoms with Crippen LogP contribution in [0.4, 0.5) is 4.79 Å². The number of hydrogen-bond acceptors (Lipinski definition) is 5. The van der Waals surface area contributed by atoms with Crippen molar-refractivity contribution >= 4 is 11.9 Å². The topological polar surface area (TPSA) is 111 Å². The van der Waals surface area contributed by atoms with Gasteiger partial charge in [-0.3, -0.25) is 15.0 Å².